The van der Waals surface area contributed by atoms with Gasteiger partial charge in [0.2, 0.25) is 0 Å². The summed E-state index contributed by atoms with van der Waals surface area (Å²) in [7, 11) is 0. The largest absolute Gasteiger partial charge is 0.376 e. The van der Waals surface area contributed by atoms with Crippen molar-refractivity contribution in [3.63, 3.8) is 0 Å². The van der Waals surface area contributed by atoms with Gasteiger partial charge in [0, 0.05) is 49.4 Å². The number of nitrogens with one attached hydrogen (secondary N) is 1. The molecule has 2 saturated heterocycles. The summed E-state index contributed by atoms with van der Waals surface area (Å²) in [5, 5.41) is 11.9. The van der Waals surface area contributed by atoms with Crippen LogP contribution in [0.2, 0.25) is 0 Å². The van der Waals surface area contributed by atoms with Gasteiger partial charge in [-0.1, -0.05) is 15.9 Å². The van der Waals surface area contributed by atoms with Crippen LogP contribution in [0.3, 0.4) is 0 Å². The number of carbonyl (C=O) groups is 1. The smallest absolute Gasteiger partial charge is 0.253 e. The molecule has 0 aliphatic carbocycles. The van der Waals surface area contributed by atoms with Crippen molar-refractivity contribution >= 4 is 33.5 Å². The van der Waals surface area contributed by atoms with E-state index in [-0.39, 0.29) is 12.0 Å². The molecule has 8 heteroatoms. The number of benzene rings is 1. The van der Waals surface area contributed by atoms with E-state index in [9.17, 15) is 4.79 Å². The maximum atomic E-state index is 12.6. The lowest BCUT2D eigenvalue weighted by atomic mass is 10.2. The van der Waals surface area contributed by atoms with Gasteiger partial charge < -0.3 is 19.9 Å². The van der Waals surface area contributed by atoms with Crippen molar-refractivity contribution in [3.05, 3.63) is 46.4 Å². The fourth-order valence-electron chi connectivity index (χ4n) is 3.53. The molecular weight excluding hydrogens is 422 g/mol. The lowest BCUT2D eigenvalue weighted by Gasteiger charge is -2.35. The van der Waals surface area contributed by atoms with E-state index < -0.39 is 0 Å². The van der Waals surface area contributed by atoms with Crippen LogP contribution in [-0.4, -0.2) is 66.4 Å². The number of aromatic nitrogens is 2. The summed E-state index contributed by atoms with van der Waals surface area (Å²) in [5.41, 5.74) is 0.720. The molecule has 28 heavy (non-hydrogen) atoms. The zero-order chi connectivity index (χ0) is 19.3. The molecule has 3 heterocycles. The first-order valence-corrected chi connectivity index (χ1v) is 10.5. The number of hydrogen-bond donors (Lipinski definition) is 1. The molecule has 2 aromatic rings. The second kappa shape index (κ2) is 8.87. The number of halogens is 1. The number of hydrogen-bond acceptors (Lipinski definition) is 6. The maximum absolute atomic E-state index is 12.6. The van der Waals surface area contributed by atoms with E-state index in [2.05, 4.69) is 36.3 Å². The Morgan fingerprint density at radius 2 is 1.89 bits per heavy atom. The van der Waals surface area contributed by atoms with Crippen molar-refractivity contribution in [1.82, 2.24) is 15.1 Å². The minimum absolute atomic E-state index is 0.0758. The van der Waals surface area contributed by atoms with E-state index in [0.29, 0.717) is 13.1 Å². The third kappa shape index (κ3) is 4.62. The number of rotatable bonds is 5. The summed E-state index contributed by atoms with van der Waals surface area (Å²) in [4.78, 5) is 16.7. The van der Waals surface area contributed by atoms with Crippen LogP contribution < -0.4 is 10.2 Å². The zero-order valence-electron chi connectivity index (χ0n) is 15.7. The molecule has 2 fully saturated rings. The molecule has 2 aliphatic rings. The average molecular weight is 446 g/mol. The molecule has 7 nitrogen and oxygen atoms in total. The van der Waals surface area contributed by atoms with Crippen LogP contribution in [0.1, 0.15) is 23.2 Å². The standard InChI is InChI=1S/C20H24BrN5O2/c21-16-5-3-15(4-6-16)20(27)26-11-9-25(10-12-26)19-8-7-18(23-24-19)22-14-17-2-1-13-28-17/h3-8,17H,1-2,9-14H2,(H,22,23). The molecule has 0 spiro atoms. The first-order valence-electron chi connectivity index (χ1n) is 9.68. The van der Waals surface area contributed by atoms with Gasteiger partial charge in [-0.2, -0.15) is 0 Å². The Morgan fingerprint density at radius 1 is 1.11 bits per heavy atom. The number of carbonyl (C=O) groups excluding carboxylic acids is 1. The number of ether oxygens (including phenoxy) is 1. The van der Waals surface area contributed by atoms with Gasteiger partial charge in [-0.25, -0.2) is 0 Å². The Balaban J connectivity index is 1.28. The summed E-state index contributed by atoms with van der Waals surface area (Å²) < 4.78 is 6.58. The molecule has 1 unspecified atom stereocenters. The Morgan fingerprint density at radius 3 is 2.54 bits per heavy atom. The highest BCUT2D eigenvalue weighted by molar-refractivity contribution is 9.10. The van der Waals surface area contributed by atoms with Crippen LogP contribution in [0.25, 0.3) is 0 Å². The third-order valence-electron chi connectivity index (χ3n) is 5.17. The quantitative estimate of drug-likeness (QED) is 0.762. The Kier molecular flexibility index (Phi) is 6.07. The van der Waals surface area contributed by atoms with Crippen molar-refractivity contribution in [1.29, 1.82) is 0 Å². The zero-order valence-corrected chi connectivity index (χ0v) is 17.3. The minimum atomic E-state index is 0.0758. The molecule has 0 saturated carbocycles. The first-order chi connectivity index (χ1) is 13.7. The Bertz CT molecular complexity index is 785. The van der Waals surface area contributed by atoms with Gasteiger partial charge >= 0.3 is 0 Å². The fraction of sp³-hybridized carbons (Fsp3) is 0.450. The molecule has 1 amide bonds. The molecule has 2 aliphatic heterocycles. The van der Waals surface area contributed by atoms with Crippen molar-refractivity contribution in [2.45, 2.75) is 18.9 Å². The van der Waals surface area contributed by atoms with Crippen LogP contribution in [0.4, 0.5) is 11.6 Å². The first kappa shape index (κ1) is 19.1. The van der Waals surface area contributed by atoms with Crippen LogP contribution in [0.15, 0.2) is 40.9 Å². The SMILES string of the molecule is O=C(c1ccc(Br)cc1)N1CCN(c2ccc(NCC3CCCO3)nn2)CC1. The van der Waals surface area contributed by atoms with Crippen LogP contribution in [0.5, 0.6) is 0 Å². The number of piperazine rings is 1. The maximum Gasteiger partial charge on any atom is 0.253 e. The molecular formula is C20H24BrN5O2. The van der Waals surface area contributed by atoms with Crippen LogP contribution in [-0.2, 0) is 4.74 Å². The predicted molar refractivity (Wildman–Crippen MR) is 112 cm³/mol. The van der Waals surface area contributed by atoms with Crippen molar-refractivity contribution in [3.8, 4) is 0 Å². The molecule has 4 rings (SSSR count). The lowest BCUT2D eigenvalue weighted by molar-refractivity contribution is 0.0746. The summed E-state index contributed by atoms with van der Waals surface area (Å²) >= 11 is 3.40. The topological polar surface area (TPSA) is 70.6 Å². The predicted octanol–water partition coefficient (Wildman–Crippen LogP) is 2.79. The van der Waals surface area contributed by atoms with Gasteiger partial charge in [-0.3, -0.25) is 4.79 Å². The van der Waals surface area contributed by atoms with E-state index in [1.165, 1.54) is 0 Å². The monoisotopic (exact) mass is 445 g/mol. The molecule has 1 N–H and O–H groups in total. The van der Waals surface area contributed by atoms with E-state index in [4.69, 9.17) is 4.74 Å². The number of nitrogens with zero attached hydrogens (tertiary/aromatic N) is 4. The minimum Gasteiger partial charge on any atom is -0.376 e. The normalized spacial score (nSPS) is 19.7. The second-order valence-electron chi connectivity index (χ2n) is 7.08. The van der Waals surface area contributed by atoms with E-state index in [1.807, 2.05) is 41.3 Å². The molecule has 148 valence electrons. The number of anilines is 2. The molecule has 0 bridgehead atoms. The fourth-order valence-corrected chi connectivity index (χ4v) is 3.79. The van der Waals surface area contributed by atoms with Gasteiger partial charge in [0.1, 0.15) is 5.82 Å². The second-order valence-corrected chi connectivity index (χ2v) is 7.99. The Labute approximate surface area is 173 Å². The highest BCUT2D eigenvalue weighted by atomic mass is 79.9. The van der Waals surface area contributed by atoms with Gasteiger partial charge in [-0.15, -0.1) is 10.2 Å². The van der Waals surface area contributed by atoms with Crippen molar-refractivity contribution < 1.29 is 9.53 Å². The van der Waals surface area contributed by atoms with Crippen molar-refractivity contribution in [2.24, 2.45) is 0 Å². The van der Waals surface area contributed by atoms with Crippen LogP contribution in [0, 0.1) is 0 Å². The van der Waals surface area contributed by atoms with Gasteiger partial charge in [0.25, 0.3) is 5.91 Å². The Hall–Kier alpha value is -2.19. The van der Waals surface area contributed by atoms with Gasteiger partial charge in [-0.05, 0) is 49.2 Å². The molecule has 1 aromatic carbocycles. The molecule has 1 atom stereocenters. The number of amides is 1. The van der Waals surface area contributed by atoms with Gasteiger partial charge in [0.15, 0.2) is 5.82 Å². The summed E-state index contributed by atoms with van der Waals surface area (Å²) in [5.74, 6) is 1.69. The highest BCUT2D eigenvalue weighted by Crippen LogP contribution is 2.18. The average Bonchev–Trinajstić information content (AvgIpc) is 3.27. The van der Waals surface area contributed by atoms with Gasteiger partial charge in [0.05, 0.1) is 6.10 Å². The lowest BCUT2D eigenvalue weighted by Crippen LogP contribution is -2.49. The highest BCUT2D eigenvalue weighted by Gasteiger charge is 2.23. The summed E-state index contributed by atoms with van der Waals surface area (Å²) in [6, 6.07) is 11.4. The molecule has 1 aromatic heterocycles. The summed E-state index contributed by atoms with van der Waals surface area (Å²) in [6.07, 6.45) is 2.51. The van der Waals surface area contributed by atoms with E-state index >= 15 is 0 Å². The van der Waals surface area contributed by atoms with E-state index in [0.717, 1.165) is 60.8 Å². The van der Waals surface area contributed by atoms with E-state index in [1.54, 1.807) is 0 Å². The van der Waals surface area contributed by atoms with Crippen molar-refractivity contribution in [2.75, 3.05) is 49.5 Å². The molecule has 0 radical (unpaired) electrons. The van der Waals surface area contributed by atoms with Crippen LogP contribution >= 0.6 is 15.9 Å². The summed E-state index contributed by atoms with van der Waals surface area (Å²) in [6.45, 7) is 4.47. The third-order valence-corrected chi connectivity index (χ3v) is 5.70.